The Kier molecular flexibility index (Phi) is 3.40. The maximum Gasteiger partial charge on any atom is 0.183 e. The first kappa shape index (κ1) is 11.5. The van der Waals surface area contributed by atoms with Gasteiger partial charge >= 0.3 is 0 Å². The summed E-state index contributed by atoms with van der Waals surface area (Å²) in [6.45, 7) is 1.42. The highest BCUT2D eigenvalue weighted by molar-refractivity contribution is 5.21. The van der Waals surface area contributed by atoms with Gasteiger partial charge in [-0.05, 0) is 5.56 Å². The normalized spacial score (nSPS) is 23.8. The van der Waals surface area contributed by atoms with Crippen LogP contribution in [0, 0.1) is 0 Å². The van der Waals surface area contributed by atoms with Crippen molar-refractivity contribution in [1.29, 1.82) is 0 Å². The Hall–Kier alpha value is -1.64. The van der Waals surface area contributed by atoms with Gasteiger partial charge in [0, 0.05) is 11.5 Å². The molecule has 0 atom stereocenters. The van der Waals surface area contributed by atoms with Gasteiger partial charge in [-0.2, -0.15) is 0 Å². The van der Waals surface area contributed by atoms with Crippen molar-refractivity contribution in [2.75, 3.05) is 13.2 Å². The van der Waals surface area contributed by atoms with Crippen molar-refractivity contribution in [1.82, 2.24) is 0 Å². The third-order valence-corrected chi connectivity index (χ3v) is 3.24. The second-order valence-electron chi connectivity index (χ2n) is 4.52. The van der Waals surface area contributed by atoms with Crippen LogP contribution < -0.4 is 0 Å². The van der Waals surface area contributed by atoms with Crippen LogP contribution in [-0.2, 0) is 9.47 Å². The molecule has 3 rings (SSSR count). The van der Waals surface area contributed by atoms with Gasteiger partial charge in [0.2, 0.25) is 0 Å². The smallest absolute Gasteiger partial charge is 0.183 e. The number of hydrogen-bond donors (Lipinski definition) is 0. The van der Waals surface area contributed by atoms with Gasteiger partial charge in [-0.25, -0.2) is 0 Å². The van der Waals surface area contributed by atoms with Crippen molar-refractivity contribution >= 4 is 0 Å². The van der Waals surface area contributed by atoms with E-state index >= 15 is 0 Å². The Bertz CT molecular complexity index is 425. The summed E-state index contributed by atoms with van der Waals surface area (Å²) in [6, 6.07) is 20.5. The molecule has 1 saturated heterocycles. The number of benzene rings is 2. The summed E-state index contributed by atoms with van der Waals surface area (Å²) >= 11 is 0. The van der Waals surface area contributed by atoms with Crippen molar-refractivity contribution in [3.8, 4) is 0 Å². The van der Waals surface area contributed by atoms with Crippen LogP contribution in [0.4, 0.5) is 0 Å². The molecule has 18 heavy (non-hydrogen) atoms. The Labute approximate surface area is 107 Å². The summed E-state index contributed by atoms with van der Waals surface area (Å²) in [5.41, 5.74) is 2.37. The van der Waals surface area contributed by atoms with Gasteiger partial charge < -0.3 is 9.47 Å². The average molecular weight is 240 g/mol. The molecule has 2 heteroatoms. The van der Waals surface area contributed by atoms with Gasteiger partial charge in [0.25, 0.3) is 0 Å². The Morgan fingerprint density at radius 1 is 0.667 bits per heavy atom. The molecule has 0 spiro atoms. The molecule has 0 amide bonds. The van der Waals surface area contributed by atoms with Crippen LogP contribution in [0.1, 0.15) is 23.3 Å². The van der Waals surface area contributed by atoms with E-state index in [-0.39, 0.29) is 6.29 Å². The number of hydrogen-bond acceptors (Lipinski definition) is 2. The van der Waals surface area contributed by atoms with E-state index in [1.165, 1.54) is 5.56 Å². The standard InChI is InChI=1S/C16H16O2/c1-3-7-13(8-4-1)15-11-17-16(18-12-15)14-9-5-2-6-10-14/h1-10,15-16H,11-12H2. The van der Waals surface area contributed by atoms with E-state index in [1.54, 1.807) is 0 Å². The highest BCUT2D eigenvalue weighted by atomic mass is 16.7. The maximum absolute atomic E-state index is 5.81. The van der Waals surface area contributed by atoms with E-state index in [4.69, 9.17) is 9.47 Å². The Morgan fingerprint density at radius 3 is 1.72 bits per heavy atom. The molecule has 2 aromatic carbocycles. The molecule has 1 aliphatic heterocycles. The van der Waals surface area contributed by atoms with Crippen LogP contribution >= 0.6 is 0 Å². The number of rotatable bonds is 2. The van der Waals surface area contributed by atoms with Crippen LogP contribution in [0.15, 0.2) is 60.7 Å². The Morgan fingerprint density at radius 2 is 1.17 bits per heavy atom. The maximum atomic E-state index is 5.81. The minimum atomic E-state index is -0.217. The summed E-state index contributed by atoms with van der Waals surface area (Å²) in [7, 11) is 0. The van der Waals surface area contributed by atoms with Gasteiger partial charge in [-0.15, -0.1) is 0 Å². The summed E-state index contributed by atoms with van der Waals surface area (Å²) < 4.78 is 11.6. The highest BCUT2D eigenvalue weighted by Crippen LogP contribution is 2.29. The fourth-order valence-corrected chi connectivity index (χ4v) is 2.22. The summed E-state index contributed by atoms with van der Waals surface area (Å²) in [5, 5.41) is 0. The lowest BCUT2D eigenvalue weighted by Gasteiger charge is -2.29. The van der Waals surface area contributed by atoms with Crippen molar-refractivity contribution < 1.29 is 9.47 Å². The fourth-order valence-electron chi connectivity index (χ4n) is 2.22. The summed E-state index contributed by atoms with van der Waals surface area (Å²) in [6.07, 6.45) is -0.217. The van der Waals surface area contributed by atoms with E-state index in [1.807, 2.05) is 36.4 Å². The number of ether oxygens (including phenoxy) is 2. The molecule has 0 saturated carbocycles. The molecule has 1 heterocycles. The van der Waals surface area contributed by atoms with Crippen LogP contribution in [0.5, 0.6) is 0 Å². The predicted octanol–water partition coefficient (Wildman–Crippen LogP) is 3.52. The molecule has 0 bridgehead atoms. The van der Waals surface area contributed by atoms with Gasteiger partial charge in [0.1, 0.15) is 0 Å². The zero-order valence-electron chi connectivity index (χ0n) is 10.2. The first-order valence-electron chi connectivity index (χ1n) is 6.26. The summed E-state index contributed by atoms with van der Waals surface area (Å²) in [5.74, 6) is 0.339. The van der Waals surface area contributed by atoms with Gasteiger partial charge in [-0.1, -0.05) is 60.7 Å². The lowest BCUT2D eigenvalue weighted by atomic mass is 10.0. The lowest BCUT2D eigenvalue weighted by Crippen LogP contribution is -2.25. The molecule has 1 aliphatic rings. The molecule has 0 aliphatic carbocycles. The van der Waals surface area contributed by atoms with E-state index in [0.29, 0.717) is 19.1 Å². The first-order chi connectivity index (χ1) is 8.93. The zero-order chi connectivity index (χ0) is 12.2. The van der Waals surface area contributed by atoms with Crippen molar-refractivity contribution in [2.45, 2.75) is 12.2 Å². The van der Waals surface area contributed by atoms with Gasteiger partial charge in [0.05, 0.1) is 13.2 Å². The first-order valence-corrected chi connectivity index (χ1v) is 6.26. The van der Waals surface area contributed by atoms with Crippen LogP contribution in [0.3, 0.4) is 0 Å². The van der Waals surface area contributed by atoms with Crippen LogP contribution in [0.2, 0.25) is 0 Å². The van der Waals surface area contributed by atoms with Crippen LogP contribution in [-0.4, -0.2) is 13.2 Å². The van der Waals surface area contributed by atoms with Gasteiger partial charge in [-0.3, -0.25) is 0 Å². The molecular weight excluding hydrogens is 224 g/mol. The SMILES string of the molecule is c1ccc(C2COC(c3ccccc3)OC2)cc1. The molecule has 0 N–H and O–H groups in total. The van der Waals surface area contributed by atoms with E-state index in [2.05, 4.69) is 24.3 Å². The Balaban J connectivity index is 1.65. The fraction of sp³-hybridized carbons (Fsp3) is 0.250. The average Bonchev–Trinajstić information content (AvgIpc) is 2.49. The molecule has 2 nitrogen and oxygen atoms in total. The second kappa shape index (κ2) is 5.34. The highest BCUT2D eigenvalue weighted by Gasteiger charge is 2.24. The molecule has 92 valence electrons. The van der Waals surface area contributed by atoms with Gasteiger partial charge in [0.15, 0.2) is 6.29 Å². The molecule has 1 fully saturated rings. The van der Waals surface area contributed by atoms with Crippen LogP contribution in [0.25, 0.3) is 0 Å². The van der Waals surface area contributed by atoms with E-state index in [9.17, 15) is 0 Å². The van der Waals surface area contributed by atoms with Crippen molar-refractivity contribution in [3.63, 3.8) is 0 Å². The quantitative estimate of drug-likeness (QED) is 0.799. The van der Waals surface area contributed by atoms with Crippen molar-refractivity contribution in [3.05, 3.63) is 71.8 Å². The lowest BCUT2D eigenvalue weighted by molar-refractivity contribution is -0.191. The zero-order valence-corrected chi connectivity index (χ0v) is 10.2. The largest absolute Gasteiger partial charge is 0.348 e. The minimum absolute atomic E-state index is 0.217. The predicted molar refractivity (Wildman–Crippen MR) is 70.3 cm³/mol. The molecule has 0 aromatic heterocycles. The van der Waals surface area contributed by atoms with Crippen molar-refractivity contribution in [2.24, 2.45) is 0 Å². The molecule has 0 radical (unpaired) electrons. The topological polar surface area (TPSA) is 18.5 Å². The molecule has 2 aromatic rings. The summed E-state index contributed by atoms with van der Waals surface area (Å²) in [4.78, 5) is 0. The monoisotopic (exact) mass is 240 g/mol. The third kappa shape index (κ3) is 2.45. The molecule has 0 unspecified atom stereocenters. The third-order valence-electron chi connectivity index (χ3n) is 3.24. The molecular formula is C16H16O2. The van der Waals surface area contributed by atoms with E-state index < -0.39 is 0 Å². The van der Waals surface area contributed by atoms with E-state index in [0.717, 1.165) is 5.56 Å². The minimum Gasteiger partial charge on any atom is -0.348 e. The second-order valence-corrected chi connectivity index (χ2v) is 4.52.